The number of hydrogen-bond acceptors (Lipinski definition) is 6. The Bertz CT molecular complexity index is 1220. The van der Waals surface area contributed by atoms with E-state index in [1.807, 2.05) is 19.0 Å². The molecule has 1 aromatic carbocycles. The third kappa shape index (κ3) is 5.40. The summed E-state index contributed by atoms with van der Waals surface area (Å²) in [4.78, 5) is 15.0. The van der Waals surface area contributed by atoms with Crippen LogP contribution in [-0.2, 0) is 19.0 Å². The lowest BCUT2D eigenvalue weighted by Gasteiger charge is -2.16. The zero-order valence-corrected chi connectivity index (χ0v) is 19.4. The first kappa shape index (κ1) is 23.3. The maximum absolute atomic E-state index is 13.6. The van der Waals surface area contributed by atoms with Crippen LogP contribution in [0.15, 0.2) is 36.7 Å². The summed E-state index contributed by atoms with van der Waals surface area (Å²) in [6, 6.07) is 6.68. The molecule has 172 valence electrons. The van der Waals surface area contributed by atoms with Gasteiger partial charge in [0.05, 0.1) is 16.4 Å². The number of aromatic nitrogens is 3. The summed E-state index contributed by atoms with van der Waals surface area (Å²) in [7, 11) is 3.79. The fourth-order valence-corrected chi connectivity index (χ4v) is 3.90. The molecule has 0 atom stereocenters. The minimum Gasteiger partial charge on any atom is -0.349 e. The number of likely N-dealkylation sites (N-methyl/N-ethyl adjacent to an activating group) is 1. The molecule has 0 aliphatic carbocycles. The molecule has 0 saturated carbocycles. The molecule has 0 radical (unpaired) electrons. The lowest BCUT2D eigenvalue weighted by Crippen LogP contribution is -2.17. The summed E-state index contributed by atoms with van der Waals surface area (Å²) < 4.78 is 40.8. The van der Waals surface area contributed by atoms with Crippen LogP contribution in [0.3, 0.4) is 0 Å². The highest BCUT2D eigenvalue weighted by Crippen LogP contribution is 2.37. The monoisotopic (exact) mass is 492 g/mol. The number of thiocarbonyl (C=S) groups is 1. The van der Waals surface area contributed by atoms with E-state index in [1.54, 1.807) is 24.4 Å². The molecule has 3 aromatic rings. The lowest BCUT2D eigenvalue weighted by molar-refractivity contribution is -0.140. The number of rotatable bonds is 5. The van der Waals surface area contributed by atoms with Crippen LogP contribution in [0.2, 0.25) is 5.02 Å². The Balaban J connectivity index is 1.74. The van der Waals surface area contributed by atoms with Crippen molar-refractivity contribution in [3.63, 3.8) is 0 Å². The SMILES string of the molecule is CN(C)CCc1cnc(C(F)(F)F)c(Nc2ncc3c(n2)-c2ccc(Cl)cc2NC(=S)C3)c1. The summed E-state index contributed by atoms with van der Waals surface area (Å²) in [6.07, 6.45) is -0.865. The molecule has 0 amide bonds. The van der Waals surface area contributed by atoms with E-state index >= 15 is 0 Å². The largest absolute Gasteiger partial charge is 0.435 e. The van der Waals surface area contributed by atoms with Crippen molar-refractivity contribution in [1.29, 1.82) is 0 Å². The van der Waals surface area contributed by atoms with Crippen LogP contribution in [0.5, 0.6) is 0 Å². The van der Waals surface area contributed by atoms with E-state index in [9.17, 15) is 13.2 Å². The summed E-state index contributed by atoms with van der Waals surface area (Å²) in [6.45, 7) is 0.675. The van der Waals surface area contributed by atoms with Crippen LogP contribution in [0.25, 0.3) is 11.3 Å². The lowest BCUT2D eigenvalue weighted by atomic mass is 10.1. The first-order valence-corrected chi connectivity index (χ1v) is 10.8. The van der Waals surface area contributed by atoms with Crippen LogP contribution in [-0.4, -0.2) is 45.5 Å². The zero-order valence-electron chi connectivity index (χ0n) is 17.8. The quantitative estimate of drug-likeness (QED) is 0.465. The van der Waals surface area contributed by atoms with Crippen LogP contribution in [0.4, 0.5) is 30.5 Å². The molecule has 2 aromatic heterocycles. The highest BCUT2D eigenvalue weighted by molar-refractivity contribution is 7.80. The van der Waals surface area contributed by atoms with Crippen molar-refractivity contribution in [3.05, 3.63) is 58.5 Å². The van der Waals surface area contributed by atoms with E-state index in [0.29, 0.717) is 46.3 Å². The molecule has 2 N–H and O–H groups in total. The molecule has 11 heteroatoms. The normalized spacial score (nSPS) is 13.2. The molecule has 6 nitrogen and oxygen atoms in total. The van der Waals surface area contributed by atoms with Gasteiger partial charge in [-0.05, 0) is 50.3 Å². The van der Waals surface area contributed by atoms with E-state index < -0.39 is 11.9 Å². The van der Waals surface area contributed by atoms with Gasteiger partial charge in [0.15, 0.2) is 5.69 Å². The fraction of sp³-hybridized carbons (Fsp3) is 0.273. The third-order valence-electron chi connectivity index (χ3n) is 5.03. The van der Waals surface area contributed by atoms with Gasteiger partial charge in [0.2, 0.25) is 5.95 Å². The number of pyridine rings is 1. The Labute approximate surface area is 199 Å². The predicted molar refractivity (Wildman–Crippen MR) is 127 cm³/mol. The molecule has 1 aliphatic rings. The first-order valence-electron chi connectivity index (χ1n) is 10.0. The smallest absolute Gasteiger partial charge is 0.349 e. The van der Waals surface area contributed by atoms with Gasteiger partial charge in [0, 0.05) is 47.2 Å². The van der Waals surface area contributed by atoms with Crippen molar-refractivity contribution in [2.75, 3.05) is 31.3 Å². The molecule has 3 heterocycles. The first-order chi connectivity index (χ1) is 15.6. The number of benzene rings is 1. The van der Waals surface area contributed by atoms with Gasteiger partial charge in [0.1, 0.15) is 0 Å². The van der Waals surface area contributed by atoms with Gasteiger partial charge >= 0.3 is 6.18 Å². The van der Waals surface area contributed by atoms with Crippen molar-refractivity contribution in [3.8, 4) is 11.3 Å². The molecule has 0 saturated heterocycles. The van der Waals surface area contributed by atoms with Crippen LogP contribution < -0.4 is 10.6 Å². The second kappa shape index (κ2) is 9.20. The Morgan fingerprint density at radius 1 is 1.18 bits per heavy atom. The van der Waals surface area contributed by atoms with E-state index in [1.165, 1.54) is 12.3 Å². The molecule has 33 heavy (non-hydrogen) atoms. The Hall–Kier alpha value is -2.82. The Morgan fingerprint density at radius 3 is 2.70 bits per heavy atom. The summed E-state index contributed by atoms with van der Waals surface area (Å²) in [5, 5.41) is 6.39. The van der Waals surface area contributed by atoms with Crippen LogP contribution >= 0.6 is 23.8 Å². The Kier molecular flexibility index (Phi) is 6.51. The van der Waals surface area contributed by atoms with Gasteiger partial charge in [-0.25, -0.2) is 15.0 Å². The average Bonchev–Trinajstić information content (AvgIpc) is 2.86. The zero-order chi connectivity index (χ0) is 23.8. The van der Waals surface area contributed by atoms with Crippen molar-refractivity contribution in [1.82, 2.24) is 19.9 Å². The molecule has 0 unspecified atom stereocenters. The molecule has 0 fully saturated rings. The Morgan fingerprint density at radius 2 is 1.97 bits per heavy atom. The standard InChI is InChI=1S/C22H20ClF3N6S/c1-32(2)6-5-12-7-17(20(27-10-12)22(24,25)26)30-21-28-11-13-8-18(33)29-16-9-14(23)3-4-15(16)19(13)31-21/h3-4,7,9-11H,5-6,8H2,1-2H3,(H,29,33)(H,28,30,31). The minimum atomic E-state index is -4.63. The number of hydrogen-bond donors (Lipinski definition) is 2. The highest BCUT2D eigenvalue weighted by atomic mass is 35.5. The summed E-state index contributed by atoms with van der Waals surface area (Å²) in [5.41, 5.74) is 2.18. The van der Waals surface area contributed by atoms with E-state index in [0.717, 1.165) is 11.1 Å². The van der Waals surface area contributed by atoms with Gasteiger partial charge in [-0.2, -0.15) is 13.2 Å². The van der Waals surface area contributed by atoms with Crippen molar-refractivity contribution in [2.45, 2.75) is 19.0 Å². The number of halogens is 4. The molecule has 0 bridgehead atoms. The van der Waals surface area contributed by atoms with Crippen molar-refractivity contribution >= 4 is 46.1 Å². The molecule has 1 aliphatic heterocycles. The second-order valence-corrected chi connectivity index (χ2v) is 8.83. The van der Waals surface area contributed by atoms with E-state index in [-0.39, 0.29) is 11.6 Å². The molecular formula is C22H20ClF3N6S. The van der Waals surface area contributed by atoms with Crippen molar-refractivity contribution in [2.24, 2.45) is 0 Å². The number of nitrogens with one attached hydrogen (secondary N) is 2. The summed E-state index contributed by atoms with van der Waals surface area (Å²) in [5.74, 6) is 0.0273. The summed E-state index contributed by atoms with van der Waals surface area (Å²) >= 11 is 11.5. The van der Waals surface area contributed by atoms with Gasteiger partial charge in [-0.3, -0.25) is 0 Å². The fourth-order valence-electron chi connectivity index (χ4n) is 3.46. The van der Waals surface area contributed by atoms with Crippen molar-refractivity contribution < 1.29 is 13.2 Å². The molecule has 4 rings (SSSR count). The average molecular weight is 493 g/mol. The maximum Gasteiger partial charge on any atom is 0.435 e. The minimum absolute atomic E-state index is 0.0273. The van der Waals surface area contributed by atoms with Crippen LogP contribution in [0, 0.1) is 0 Å². The van der Waals surface area contributed by atoms with E-state index in [4.69, 9.17) is 23.8 Å². The number of alkyl halides is 3. The molecule has 0 spiro atoms. The predicted octanol–water partition coefficient (Wildman–Crippen LogP) is 5.35. The van der Waals surface area contributed by atoms with Crippen LogP contribution in [0.1, 0.15) is 16.8 Å². The molecular weight excluding hydrogens is 473 g/mol. The van der Waals surface area contributed by atoms with Gasteiger partial charge in [-0.1, -0.05) is 23.8 Å². The highest BCUT2D eigenvalue weighted by Gasteiger charge is 2.36. The maximum atomic E-state index is 13.6. The topological polar surface area (TPSA) is 66.0 Å². The van der Waals surface area contributed by atoms with Gasteiger partial charge < -0.3 is 15.5 Å². The number of anilines is 3. The van der Waals surface area contributed by atoms with Gasteiger partial charge in [-0.15, -0.1) is 0 Å². The third-order valence-corrected chi connectivity index (χ3v) is 5.51. The number of fused-ring (bicyclic) bond motifs is 3. The second-order valence-electron chi connectivity index (χ2n) is 7.90. The number of nitrogens with zero attached hydrogens (tertiary/aromatic N) is 4. The van der Waals surface area contributed by atoms with E-state index in [2.05, 4.69) is 25.6 Å². The van der Waals surface area contributed by atoms with Gasteiger partial charge in [0.25, 0.3) is 0 Å².